The molecule has 1 aliphatic rings. The number of carbonyl (C=O) groups is 1. The molecule has 0 radical (unpaired) electrons. The molecule has 7 heteroatoms. The number of aromatic nitrogens is 4. The zero-order chi connectivity index (χ0) is 14.7. The van der Waals surface area contributed by atoms with Crippen LogP contribution in [0.15, 0.2) is 0 Å². The number of fused-ring (bicyclic) bond motifs is 1. The lowest BCUT2D eigenvalue weighted by Crippen LogP contribution is -2.23. The molecule has 0 spiro atoms. The number of H-pyrrole nitrogens is 1. The van der Waals surface area contributed by atoms with Gasteiger partial charge in [0.15, 0.2) is 0 Å². The minimum absolute atomic E-state index is 0.0513. The summed E-state index contributed by atoms with van der Waals surface area (Å²) in [4.78, 5) is 12.9. The van der Waals surface area contributed by atoms with Crippen molar-refractivity contribution in [1.82, 2.24) is 25.1 Å². The van der Waals surface area contributed by atoms with Crippen LogP contribution in [0.25, 0.3) is 0 Å². The number of carbonyl (C=O) groups excluding carboxylic acids is 1. The summed E-state index contributed by atoms with van der Waals surface area (Å²) in [6, 6.07) is 0. The molecule has 2 aromatic rings. The number of aromatic amines is 1. The number of hydrogen-bond donors (Lipinski definition) is 2. The van der Waals surface area contributed by atoms with Crippen molar-refractivity contribution in [2.75, 3.05) is 0 Å². The van der Waals surface area contributed by atoms with E-state index in [4.69, 9.17) is 0 Å². The van der Waals surface area contributed by atoms with Gasteiger partial charge in [0.05, 0.1) is 22.8 Å². The summed E-state index contributed by atoms with van der Waals surface area (Å²) in [5.41, 5.74) is 4.57. The normalized spacial score (nSPS) is 14.0. The van der Waals surface area contributed by atoms with E-state index < -0.39 is 0 Å². The number of aryl methyl sites for hydroxylation is 3. The van der Waals surface area contributed by atoms with Crippen molar-refractivity contribution >= 4 is 17.4 Å². The van der Waals surface area contributed by atoms with Crippen molar-refractivity contribution in [3.8, 4) is 0 Å². The molecule has 2 heterocycles. The van der Waals surface area contributed by atoms with Crippen molar-refractivity contribution in [2.24, 2.45) is 0 Å². The Morgan fingerprint density at radius 1 is 1.38 bits per heavy atom. The van der Waals surface area contributed by atoms with Crippen LogP contribution in [-0.2, 0) is 30.6 Å². The van der Waals surface area contributed by atoms with Crippen LogP contribution in [0.2, 0.25) is 0 Å². The SMILES string of the molecule is Cc1nnsc1CNC(=O)CCc1n[nH]c2c1CCCC2. The first kappa shape index (κ1) is 14.2. The Hall–Kier alpha value is -1.76. The number of amides is 1. The number of rotatable bonds is 5. The second-order valence-electron chi connectivity index (χ2n) is 5.39. The quantitative estimate of drug-likeness (QED) is 0.880. The van der Waals surface area contributed by atoms with Gasteiger partial charge in [-0.25, -0.2) is 0 Å². The van der Waals surface area contributed by atoms with Crippen LogP contribution in [0.1, 0.15) is 46.8 Å². The van der Waals surface area contributed by atoms with E-state index in [2.05, 4.69) is 25.1 Å². The van der Waals surface area contributed by atoms with Gasteiger partial charge in [0, 0.05) is 18.5 Å². The third kappa shape index (κ3) is 3.29. The molecule has 3 rings (SSSR count). The van der Waals surface area contributed by atoms with E-state index in [0.717, 1.165) is 29.1 Å². The molecule has 0 bridgehead atoms. The average Bonchev–Trinajstić information content (AvgIpc) is 3.09. The summed E-state index contributed by atoms with van der Waals surface area (Å²) in [5.74, 6) is 0.0513. The molecule has 0 saturated carbocycles. The van der Waals surface area contributed by atoms with Gasteiger partial charge >= 0.3 is 0 Å². The zero-order valence-corrected chi connectivity index (χ0v) is 12.9. The van der Waals surface area contributed by atoms with Crippen molar-refractivity contribution in [3.63, 3.8) is 0 Å². The first-order valence-corrected chi connectivity index (χ1v) is 8.11. The van der Waals surface area contributed by atoms with Gasteiger partial charge in [-0.1, -0.05) is 4.49 Å². The van der Waals surface area contributed by atoms with Gasteiger partial charge in [-0.15, -0.1) is 5.10 Å². The summed E-state index contributed by atoms with van der Waals surface area (Å²) < 4.78 is 3.86. The van der Waals surface area contributed by atoms with Crippen molar-refractivity contribution < 1.29 is 4.79 Å². The predicted molar refractivity (Wildman–Crippen MR) is 80.0 cm³/mol. The summed E-state index contributed by atoms with van der Waals surface area (Å²) in [7, 11) is 0. The fraction of sp³-hybridized carbons (Fsp3) is 0.571. The van der Waals surface area contributed by atoms with Crippen LogP contribution >= 0.6 is 11.5 Å². The Morgan fingerprint density at radius 2 is 2.24 bits per heavy atom. The van der Waals surface area contributed by atoms with E-state index >= 15 is 0 Å². The molecule has 2 aromatic heterocycles. The molecular formula is C14H19N5OS. The van der Waals surface area contributed by atoms with Gasteiger partial charge in [-0.3, -0.25) is 9.89 Å². The van der Waals surface area contributed by atoms with Gasteiger partial charge < -0.3 is 5.32 Å². The average molecular weight is 305 g/mol. The van der Waals surface area contributed by atoms with E-state index in [1.165, 1.54) is 35.6 Å². The third-order valence-electron chi connectivity index (χ3n) is 3.92. The molecule has 21 heavy (non-hydrogen) atoms. The van der Waals surface area contributed by atoms with Gasteiger partial charge in [0.25, 0.3) is 0 Å². The molecule has 1 amide bonds. The molecular weight excluding hydrogens is 286 g/mol. The number of hydrogen-bond acceptors (Lipinski definition) is 5. The topological polar surface area (TPSA) is 83.6 Å². The molecule has 0 aliphatic heterocycles. The molecule has 1 aliphatic carbocycles. The smallest absolute Gasteiger partial charge is 0.220 e. The lowest BCUT2D eigenvalue weighted by atomic mass is 9.95. The van der Waals surface area contributed by atoms with Crippen LogP contribution in [0.3, 0.4) is 0 Å². The van der Waals surface area contributed by atoms with Gasteiger partial charge in [-0.2, -0.15) is 5.10 Å². The summed E-state index contributed by atoms with van der Waals surface area (Å²) in [5, 5.41) is 14.3. The van der Waals surface area contributed by atoms with Crippen molar-refractivity contribution in [3.05, 3.63) is 27.5 Å². The molecule has 0 aromatic carbocycles. The maximum Gasteiger partial charge on any atom is 0.220 e. The lowest BCUT2D eigenvalue weighted by molar-refractivity contribution is -0.121. The molecule has 6 nitrogen and oxygen atoms in total. The number of nitrogens with one attached hydrogen (secondary N) is 2. The molecule has 112 valence electrons. The standard InChI is InChI=1S/C14H19N5OS/c1-9-13(21-19-16-9)8-15-14(20)7-6-12-10-4-2-3-5-11(10)17-18-12/h2-8H2,1H3,(H,15,20)(H,17,18). The number of nitrogens with zero attached hydrogens (tertiary/aromatic N) is 3. The van der Waals surface area contributed by atoms with Crippen LogP contribution in [0, 0.1) is 6.92 Å². The second kappa shape index (κ2) is 6.34. The Balaban J connectivity index is 1.50. The zero-order valence-electron chi connectivity index (χ0n) is 12.1. The van der Waals surface area contributed by atoms with E-state index in [1.54, 1.807) is 0 Å². The first-order chi connectivity index (χ1) is 10.2. The molecule has 0 fully saturated rings. The maximum absolute atomic E-state index is 11.9. The van der Waals surface area contributed by atoms with Crippen LogP contribution in [-0.4, -0.2) is 25.7 Å². The van der Waals surface area contributed by atoms with Crippen LogP contribution in [0.5, 0.6) is 0 Å². The van der Waals surface area contributed by atoms with E-state index in [1.807, 2.05) is 6.92 Å². The molecule has 2 N–H and O–H groups in total. The van der Waals surface area contributed by atoms with Crippen molar-refractivity contribution in [1.29, 1.82) is 0 Å². The van der Waals surface area contributed by atoms with E-state index in [9.17, 15) is 4.79 Å². The Kier molecular flexibility index (Phi) is 4.28. The highest BCUT2D eigenvalue weighted by Gasteiger charge is 2.17. The minimum Gasteiger partial charge on any atom is -0.351 e. The molecule has 0 unspecified atom stereocenters. The minimum atomic E-state index is 0.0513. The predicted octanol–water partition coefficient (Wildman–Crippen LogP) is 1.70. The monoisotopic (exact) mass is 305 g/mol. The molecule has 0 saturated heterocycles. The second-order valence-corrected chi connectivity index (χ2v) is 6.23. The van der Waals surface area contributed by atoms with Gasteiger partial charge in [-0.05, 0) is 49.7 Å². The van der Waals surface area contributed by atoms with Gasteiger partial charge in [0.1, 0.15) is 0 Å². The highest BCUT2D eigenvalue weighted by molar-refractivity contribution is 7.05. The fourth-order valence-electron chi connectivity index (χ4n) is 2.67. The maximum atomic E-state index is 11.9. The highest BCUT2D eigenvalue weighted by atomic mass is 32.1. The lowest BCUT2D eigenvalue weighted by Gasteiger charge is -2.11. The highest BCUT2D eigenvalue weighted by Crippen LogP contribution is 2.22. The van der Waals surface area contributed by atoms with Crippen molar-refractivity contribution in [2.45, 2.75) is 52.0 Å². The molecule has 0 atom stereocenters. The Bertz CT molecular complexity index is 633. The van der Waals surface area contributed by atoms with Crippen LogP contribution < -0.4 is 5.32 Å². The summed E-state index contributed by atoms with van der Waals surface area (Å²) in [6.45, 7) is 2.42. The van der Waals surface area contributed by atoms with Crippen LogP contribution in [0.4, 0.5) is 0 Å². The third-order valence-corrected chi connectivity index (χ3v) is 4.75. The Labute approximate surface area is 127 Å². The summed E-state index contributed by atoms with van der Waals surface area (Å²) in [6.07, 6.45) is 5.82. The first-order valence-electron chi connectivity index (χ1n) is 7.33. The van der Waals surface area contributed by atoms with Gasteiger partial charge in [0.2, 0.25) is 5.91 Å². The fourth-order valence-corrected chi connectivity index (χ4v) is 3.24. The Morgan fingerprint density at radius 3 is 3.05 bits per heavy atom. The van der Waals surface area contributed by atoms with E-state index in [0.29, 0.717) is 19.4 Å². The largest absolute Gasteiger partial charge is 0.351 e. The summed E-state index contributed by atoms with van der Waals surface area (Å²) >= 11 is 1.33. The van der Waals surface area contributed by atoms with E-state index in [-0.39, 0.29) is 5.91 Å².